The number of carbonyl (C=O) groups is 2. The van der Waals surface area contributed by atoms with Gasteiger partial charge in [0.1, 0.15) is 0 Å². The van der Waals surface area contributed by atoms with E-state index < -0.39 is 22.1 Å². The maximum Gasteiger partial charge on any atom is 0.339 e. The lowest BCUT2D eigenvalue weighted by Crippen LogP contribution is -2.40. The third kappa shape index (κ3) is 4.76. The van der Waals surface area contributed by atoms with Gasteiger partial charge in [0.2, 0.25) is 16.1 Å². The maximum atomic E-state index is 13.0. The van der Waals surface area contributed by atoms with Crippen LogP contribution in [0.25, 0.3) is 0 Å². The van der Waals surface area contributed by atoms with Crippen LogP contribution in [0, 0.1) is 0 Å². The molecule has 0 bridgehead atoms. The summed E-state index contributed by atoms with van der Waals surface area (Å²) >= 11 is 0. The first-order chi connectivity index (χ1) is 13.4. The molecule has 8 heteroatoms. The van der Waals surface area contributed by atoms with Crippen LogP contribution in [-0.2, 0) is 19.6 Å². The van der Waals surface area contributed by atoms with Crippen molar-refractivity contribution in [1.82, 2.24) is 4.90 Å². The summed E-state index contributed by atoms with van der Waals surface area (Å²) < 4.78 is 28.3. The molecule has 2 N–H and O–H groups in total. The van der Waals surface area contributed by atoms with E-state index in [0.717, 1.165) is 19.3 Å². The van der Waals surface area contributed by atoms with Crippen LogP contribution in [0.1, 0.15) is 41.3 Å². The van der Waals surface area contributed by atoms with Gasteiger partial charge in [-0.05, 0) is 43.5 Å². The van der Waals surface area contributed by atoms with E-state index in [1.807, 2.05) is 6.07 Å². The van der Waals surface area contributed by atoms with E-state index in [4.69, 9.17) is 9.88 Å². The minimum absolute atomic E-state index is 0.104. The Morgan fingerprint density at radius 2 is 1.54 bits per heavy atom. The summed E-state index contributed by atoms with van der Waals surface area (Å²) in [5.41, 5.74) is 0.729. The molecule has 7 nitrogen and oxygen atoms in total. The van der Waals surface area contributed by atoms with Crippen molar-refractivity contribution in [2.24, 2.45) is 5.14 Å². The number of primary sulfonamides is 1. The second-order valence-corrected chi connectivity index (χ2v) is 8.21. The topological polar surface area (TPSA) is 107 Å². The van der Waals surface area contributed by atoms with Crippen molar-refractivity contribution < 1.29 is 22.7 Å². The summed E-state index contributed by atoms with van der Waals surface area (Å²) in [5, 5.41) is 5.07. The molecule has 148 valence electrons. The highest BCUT2D eigenvalue weighted by molar-refractivity contribution is 7.89. The first-order valence-corrected chi connectivity index (χ1v) is 10.6. The van der Waals surface area contributed by atoms with Crippen molar-refractivity contribution >= 4 is 21.9 Å². The largest absolute Gasteiger partial charge is 0.444 e. The van der Waals surface area contributed by atoms with E-state index in [1.165, 1.54) is 24.3 Å². The zero-order chi connectivity index (χ0) is 20.1. The van der Waals surface area contributed by atoms with E-state index >= 15 is 0 Å². The van der Waals surface area contributed by atoms with Crippen molar-refractivity contribution in [1.29, 1.82) is 0 Å². The molecular weight excluding hydrogens is 380 g/mol. The summed E-state index contributed by atoms with van der Waals surface area (Å²) in [4.78, 5) is 27.2. The van der Waals surface area contributed by atoms with Crippen LogP contribution in [0.3, 0.4) is 0 Å². The number of hydrogen-bond donors (Lipinski definition) is 1. The quantitative estimate of drug-likeness (QED) is 0.772. The van der Waals surface area contributed by atoms with E-state index in [0.29, 0.717) is 18.7 Å². The van der Waals surface area contributed by atoms with Crippen LogP contribution < -0.4 is 5.14 Å². The number of nitrogens with zero attached hydrogens (tertiary/aromatic N) is 1. The van der Waals surface area contributed by atoms with E-state index in [2.05, 4.69) is 0 Å². The molecule has 1 unspecified atom stereocenters. The predicted molar refractivity (Wildman–Crippen MR) is 103 cm³/mol. The Labute approximate surface area is 164 Å². The van der Waals surface area contributed by atoms with Gasteiger partial charge in [-0.1, -0.05) is 30.3 Å². The van der Waals surface area contributed by atoms with Crippen LogP contribution in [-0.4, -0.2) is 38.3 Å². The van der Waals surface area contributed by atoms with Gasteiger partial charge in [-0.3, -0.25) is 4.79 Å². The van der Waals surface area contributed by atoms with Gasteiger partial charge in [0.15, 0.2) is 0 Å². The molecule has 0 spiro atoms. The number of likely N-dealkylation sites (tertiary alicyclic amines) is 1. The van der Waals surface area contributed by atoms with Crippen LogP contribution in [0.2, 0.25) is 0 Å². The summed E-state index contributed by atoms with van der Waals surface area (Å²) in [5.74, 6) is -0.958. The Balaban J connectivity index is 1.82. The molecule has 1 saturated heterocycles. The number of esters is 1. The summed E-state index contributed by atoms with van der Waals surface area (Å²) in [6, 6.07) is 13.9. The molecule has 0 aliphatic carbocycles. The summed E-state index contributed by atoms with van der Waals surface area (Å²) in [6.45, 7) is 1.28. The van der Waals surface area contributed by atoms with Crippen molar-refractivity contribution in [2.75, 3.05) is 13.1 Å². The lowest BCUT2D eigenvalue weighted by molar-refractivity contribution is -0.142. The van der Waals surface area contributed by atoms with Crippen molar-refractivity contribution in [3.63, 3.8) is 0 Å². The number of piperidine rings is 1. The minimum atomic E-state index is -3.85. The van der Waals surface area contributed by atoms with Gasteiger partial charge < -0.3 is 9.64 Å². The SMILES string of the molecule is NS(=O)(=O)c1ccc(C(=O)OC(C(=O)N2CCCCC2)c2ccccc2)cc1. The highest BCUT2D eigenvalue weighted by Crippen LogP contribution is 2.24. The molecule has 0 aromatic heterocycles. The molecule has 0 saturated carbocycles. The number of benzene rings is 2. The molecule has 2 aromatic rings. The van der Waals surface area contributed by atoms with Gasteiger partial charge in [-0.2, -0.15) is 0 Å². The van der Waals surface area contributed by atoms with Gasteiger partial charge in [0.25, 0.3) is 5.91 Å². The molecule has 28 heavy (non-hydrogen) atoms. The number of carbonyl (C=O) groups excluding carboxylic acids is 2. The van der Waals surface area contributed by atoms with Crippen LogP contribution in [0.15, 0.2) is 59.5 Å². The summed E-state index contributed by atoms with van der Waals surface area (Å²) in [6.07, 6.45) is 1.88. The number of hydrogen-bond acceptors (Lipinski definition) is 5. The molecule has 1 amide bonds. The fourth-order valence-corrected chi connectivity index (χ4v) is 3.64. The van der Waals surface area contributed by atoms with E-state index in [1.54, 1.807) is 29.2 Å². The van der Waals surface area contributed by atoms with Crippen molar-refractivity contribution in [3.8, 4) is 0 Å². The van der Waals surface area contributed by atoms with E-state index in [9.17, 15) is 18.0 Å². The molecule has 2 aromatic carbocycles. The van der Waals surface area contributed by atoms with Crippen LogP contribution in [0.4, 0.5) is 0 Å². The highest BCUT2D eigenvalue weighted by Gasteiger charge is 2.30. The smallest absolute Gasteiger partial charge is 0.339 e. The van der Waals surface area contributed by atoms with Gasteiger partial charge in [0, 0.05) is 18.7 Å². The predicted octanol–water partition coefficient (Wildman–Crippen LogP) is 2.24. The van der Waals surface area contributed by atoms with Crippen molar-refractivity contribution in [2.45, 2.75) is 30.3 Å². The molecule has 1 heterocycles. The maximum absolute atomic E-state index is 13.0. The second-order valence-electron chi connectivity index (χ2n) is 6.65. The zero-order valence-electron chi connectivity index (χ0n) is 15.3. The Kier molecular flexibility index (Phi) is 6.11. The first kappa shape index (κ1) is 20.0. The number of nitrogens with two attached hydrogens (primary N) is 1. The Morgan fingerprint density at radius 3 is 2.11 bits per heavy atom. The van der Waals surface area contributed by atoms with Gasteiger partial charge >= 0.3 is 5.97 Å². The lowest BCUT2D eigenvalue weighted by atomic mass is 10.1. The molecule has 1 fully saturated rings. The average molecular weight is 402 g/mol. The third-order valence-corrected chi connectivity index (χ3v) is 5.57. The fraction of sp³-hybridized carbons (Fsp3) is 0.300. The lowest BCUT2D eigenvalue weighted by Gasteiger charge is -2.30. The monoisotopic (exact) mass is 402 g/mol. The molecule has 3 rings (SSSR count). The average Bonchev–Trinajstić information content (AvgIpc) is 2.72. The van der Waals surface area contributed by atoms with Gasteiger partial charge in [-0.25, -0.2) is 18.4 Å². The van der Waals surface area contributed by atoms with Gasteiger partial charge in [0.05, 0.1) is 10.5 Å². The second kappa shape index (κ2) is 8.53. The standard InChI is InChI=1S/C20H22N2O5S/c21-28(25,26)17-11-9-16(10-12-17)20(24)27-18(15-7-3-1-4-8-15)19(23)22-13-5-2-6-14-22/h1,3-4,7-12,18H,2,5-6,13-14H2,(H2,21,25,26). The minimum Gasteiger partial charge on any atom is -0.444 e. The van der Waals surface area contributed by atoms with Crippen LogP contribution in [0.5, 0.6) is 0 Å². The number of ether oxygens (including phenoxy) is 1. The Morgan fingerprint density at radius 1 is 0.929 bits per heavy atom. The van der Waals surface area contributed by atoms with E-state index in [-0.39, 0.29) is 16.4 Å². The number of rotatable bonds is 5. The highest BCUT2D eigenvalue weighted by atomic mass is 32.2. The van der Waals surface area contributed by atoms with Gasteiger partial charge in [-0.15, -0.1) is 0 Å². The zero-order valence-corrected chi connectivity index (χ0v) is 16.1. The molecule has 0 radical (unpaired) electrons. The Bertz CT molecular complexity index is 936. The molecule has 1 atom stereocenters. The van der Waals surface area contributed by atoms with Crippen LogP contribution >= 0.6 is 0 Å². The molecular formula is C20H22N2O5S. The van der Waals surface area contributed by atoms with Crippen molar-refractivity contribution in [3.05, 3.63) is 65.7 Å². The molecule has 1 aliphatic heterocycles. The normalized spacial score (nSPS) is 15.7. The number of amides is 1. The molecule has 1 aliphatic rings. The Hall–Kier alpha value is -2.71. The summed E-state index contributed by atoms with van der Waals surface area (Å²) in [7, 11) is -3.85. The number of sulfonamides is 1. The first-order valence-electron chi connectivity index (χ1n) is 9.04. The third-order valence-electron chi connectivity index (χ3n) is 4.64. The fourth-order valence-electron chi connectivity index (χ4n) is 3.12.